The molecule has 0 aliphatic carbocycles. The number of nitrogens with zero attached hydrogens (tertiary/aromatic N) is 3. The molecule has 2 unspecified atom stereocenters. The lowest BCUT2D eigenvalue weighted by atomic mass is 9.87. The summed E-state index contributed by atoms with van der Waals surface area (Å²) in [5.74, 6) is 0.295. The van der Waals surface area contributed by atoms with Crippen LogP contribution in [0.5, 0.6) is 0 Å². The van der Waals surface area contributed by atoms with Gasteiger partial charge < -0.3 is 0 Å². The molecular weight excluding hydrogens is 278 g/mol. The molecule has 0 radical (unpaired) electrons. The smallest absolute Gasteiger partial charge is 0.258 e. The fourth-order valence-corrected chi connectivity index (χ4v) is 2.92. The number of rotatable bonds is 4. The summed E-state index contributed by atoms with van der Waals surface area (Å²) in [6.07, 6.45) is 1.48. The summed E-state index contributed by atoms with van der Waals surface area (Å²) >= 11 is 6.28. The van der Waals surface area contributed by atoms with Crippen LogP contribution in [0.15, 0.2) is 24.5 Å². The maximum atomic E-state index is 10.9. The van der Waals surface area contributed by atoms with E-state index in [9.17, 15) is 10.1 Å². The summed E-state index contributed by atoms with van der Waals surface area (Å²) in [4.78, 5) is 19.0. The second kappa shape index (κ2) is 5.71. The highest BCUT2D eigenvalue weighted by Crippen LogP contribution is 2.34. The SMILES string of the molecule is CC(C)C(c1ncnc2ccc([N+](=O)[O-])cc12)C(C)Cl. The molecule has 6 heteroatoms. The molecule has 106 valence electrons. The Hall–Kier alpha value is -1.75. The molecule has 0 spiro atoms. The maximum Gasteiger partial charge on any atom is 0.270 e. The van der Waals surface area contributed by atoms with Crippen molar-refractivity contribution in [3.05, 3.63) is 40.3 Å². The average molecular weight is 294 g/mol. The highest BCUT2D eigenvalue weighted by atomic mass is 35.5. The lowest BCUT2D eigenvalue weighted by Crippen LogP contribution is -2.18. The van der Waals surface area contributed by atoms with Crippen LogP contribution in [0.4, 0.5) is 5.69 Å². The Morgan fingerprint density at radius 3 is 2.50 bits per heavy atom. The molecule has 0 N–H and O–H groups in total. The van der Waals surface area contributed by atoms with Crippen molar-refractivity contribution in [1.29, 1.82) is 0 Å². The molecule has 0 fully saturated rings. The fraction of sp³-hybridized carbons (Fsp3) is 0.429. The molecule has 5 nitrogen and oxygen atoms in total. The van der Waals surface area contributed by atoms with Crippen molar-refractivity contribution in [2.45, 2.75) is 32.1 Å². The molecule has 0 aliphatic rings. The second-order valence-corrected chi connectivity index (χ2v) is 5.85. The normalized spacial score (nSPS) is 14.4. The van der Waals surface area contributed by atoms with Crippen LogP contribution >= 0.6 is 11.6 Å². The third-order valence-electron chi connectivity index (χ3n) is 3.39. The molecule has 20 heavy (non-hydrogen) atoms. The van der Waals surface area contributed by atoms with Gasteiger partial charge in [0.25, 0.3) is 5.69 Å². The molecule has 1 heterocycles. The summed E-state index contributed by atoms with van der Waals surface area (Å²) in [6.45, 7) is 6.04. The number of hydrogen-bond acceptors (Lipinski definition) is 4. The lowest BCUT2D eigenvalue weighted by molar-refractivity contribution is -0.384. The van der Waals surface area contributed by atoms with Gasteiger partial charge in [-0.15, -0.1) is 11.6 Å². The van der Waals surface area contributed by atoms with Gasteiger partial charge >= 0.3 is 0 Å². The van der Waals surface area contributed by atoms with Crippen LogP contribution in [0.25, 0.3) is 10.9 Å². The quantitative estimate of drug-likeness (QED) is 0.487. The van der Waals surface area contributed by atoms with E-state index < -0.39 is 4.92 Å². The number of non-ortho nitro benzene ring substituents is 1. The predicted molar refractivity (Wildman–Crippen MR) is 79.1 cm³/mol. The first-order valence-corrected chi connectivity index (χ1v) is 6.88. The van der Waals surface area contributed by atoms with Crippen LogP contribution in [-0.2, 0) is 0 Å². The third kappa shape index (κ3) is 2.72. The van der Waals surface area contributed by atoms with Crippen molar-refractivity contribution < 1.29 is 4.92 Å². The second-order valence-electron chi connectivity index (χ2n) is 5.16. The zero-order valence-corrected chi connectivity index (χ0v) is 12.3. The van der Waals surface area contributed by atoms with Crippen molar-refractivity contribution in [3.8, 4) is 0 Å². The Kier molecular flexibility index (Phi) is 4.18. The van der Waals surface area contributed by atoms with Crippen LogP contribution < -0.4 is 0 Å². The van der Waals surface area contributed by atoms with Gasteiger partial charge in [-0.2, -0.15) is 0 Å². The minimum atomic E-state index is -0.412. The monoisotopic (exact) mass is 293 g/mol. The van der Waals surface area contributed by atoms with Crippen molar-refractivity contribution >= 4 is 28.2 Å². The Labute approximate surface area is 122 Å². The summed E-state index contributed by atoms with van der Waals surface area (Å²) in [7, 11) is 0. The molecular formula is C14H16ClN3O2. The Bertz CT molecular complexity index is 635. The van der Waals surface area contributed by atoms with Gasteiger partial charge in [-0.1, -0.05) is 13.8 Å². The first kappa shape index (κ1) is 14.7. The van der Waals surface area contributed by atoms with Crippen LogP contribution in [0.3, 0.4) is 0 Å². The third-order valence-corrected chi connectivity index (χ3v) is 3.66. The number of halogens is 1. The lowest BCUT2D eigenvalue weighted by Gasteiger charge is -2.23. The maximum absolute atomic E-state index is 10.9. The number of hydrogen-bond donors (Lipinski definition) is 0. The van der Waals surface area contributed by atoms with Crippen molar-refractivity contribution in [3.63, 3.8) is 0 Å². The fourth-order valence-electron chi connectivity index (χ4n) is 2.51. The van der Waals surface area contributed by atoms with E-state index in [1.807, 2.05) is 6.92 Å². The predicted octanol–water partition coefficient (Wildman–Crippen LogP) is 3.90. The molecule has 0 saturated carbocycles. The van der Waals surface area contributed by atoms with Gasteiger partial charge in [0.15, 0.2) is 0 Å². The number of benzene rings is 1. The van der Waals surface area contributed by atoms with Crippen LogP contribution in [-0.4, -0.2) is 20.3 Å². The van der Waals surface area contributed by atoms with E-state index in [0.29, 0.717) is 10.9 Å². The minimum Gasteiger partial charge on any atom is -0.258 e. The van der Waals surface area contributed by atoms with E-state index in [0.717, 1.165) is 5.69 Å². The number of nitro benzene ring substituents is 1. The van der Waals surface area contributed by atoms with Gasteiger partial charge in [-0.05, 0) is 18.9 Å². The average Bonchev–Trinajstić information content (AvgIpc) is 2.37. The molecule has 1 aromatic heterocycles. The van der Waals surface area contributed by atoms with Gasteiger partial charge in [0.05, 0.1) is 16.1 Å². The van der Waals surface area contributed by atoms with E-state index in [2.05, 4.69) is 23.8 Å². The van der Waals surface area contributed by atoms with E-state index in [1.54, 1.807) is 6.07 Å². The Balaban J connectivity index is 2.68. The summed E-state index contributed by atoms with van der Waals surface area (Å²) in [5, 5.41) is 11.5. The van der Waals surface area contributed by atoms with E-state index in [4.69, 9.17) is 11.6 Å². The number of nitro groups is 1. The minimum absolute atomic E-state index is 0.0178. The standard InChI is InChI=1S/C14H16ClN3O2/c1-8(2)13(9(3)15)14-11-6-10(18(19)20)4-5-12(11)16-7-17-14/h4-9,13H,1-3H3. The molecule has 1 aromatic carbocycles. The molecule has 0 saturated heterocycles. The number of alkyl halides is 1. The Morgan fingerprint density at radius 2 is 1.95 bits per heavy atom. The molecule has 0 aliphatic heterocycles. The van der Waals surface area contributed by atoms with Gasteiger partial charge in [0.1, 0.15) is 6.33 Å². The van der Waals surface area contributed by atoms with Gasteiger partial charge in [0, 0.05) is 28.8 Å². The number of aromatic nitrogens is 2. The van der Waals surface area contributed by atoms with Crippen LogP contribution in [0.1, 0.15) is 32.4 Å². The zero-order chi connectivity index (χ0) is 14.9. The molecule has 0 bridgehead atoms. The summed E-state index contributed by atoms with van der Waals surface area (Å²) in [6, 6.07) is 4.63. The van der Waals surface area contributed by atoms with Crippen LogP contribution in [0, 0.1) is 16.0 Å². The van der Waals surface area contributed by atoms with E-state index in [-0.39, 0.29) is 22.9 Å². The van der Waals surface area contributed by atoms with Crippen molar-refractivity contribution in [2.24, 2.45) is 5.92 Å². The summed E-state index contributed by atoms with van der Waals surface area (Å²) in [5.41, 5.74) is 1.51. The van der Waals surface area contributed by atoms with Crippen LogP contribution in [0.2, 0.25) is 0 Å². The van der Waals surface area contributed by atoms with E-state index >= 15 is 0 Å². The van der Waals surface area contributed by atoms with Gasteiger partial charge in [-0.3, -0.25) is 10.1 Å². The highest BCUT2D eigenvalue weighted by Gasteiger charge is 2.25. The van der Waals surface area contributed by atoms with Crippen molar-refractivity contribution in [1.82, 2.24) is 9.97 Å². The first-order valence-electron chi connectivity index (χ1n) is 6.45. The first-order chi connectivity index (χ1) is 9.41. The molecule has 2 aromatic rings. The van der Waals surface area contributed by atoms with E-state index in [1.165, 1.54) is 18.5 Å². The molecule has 2 atom stereocenters. The zero-order valence-electron chi connectivity index (χ0n) is 11.6. The Morgan fingerprint density at radius 1 is 1.25 bits per heavy atom. The summed E-state index contributed by atoms with van der Waals surface area (Å²) < 4.78 is 0. The van der Waals surface area contributed by atoms with Gasteiger partial charge in [0.2, 0.25) is 0 Å². The van der Waals surface area contributed by atoms with Gasteiger partial charge in [-0.25, -0.2) is 9.97 Å². The molecule has 2 rings (SSSR count). The molecule has 0 amide bonds. The number of fused-ring (bicyclic) bond motifs is 1. The topological polar surface area (TPSA) is 68.9 Å². The van der Waals surface area contributed by atoms with Crippen molar-refractivity contribution in [2.75, 3.05) is 0 Å². The largest absolute Gasteiger partial charge is 0.270 e. The highest BCUT2D eigenvalue weighted by molar-refractivity contribution is 6.21.